The van der Waals surface area contributed by atoms with E-state index >= 15 is 0 Å². The maximum Gasteiger partial charge on any atom is 0.125 e. The molecule has 3 nitrogen and oxygen atoms in total. The van der Waals surface area contributed by atoms with Crippen LogP contribution < -0.4 is 9.47 Å². The van der Waals surface area contributed by atoms with Gasteiger partial charge in [-0.1, -0.05) is 48.5 Å². The molecule has 0 unspecified atom stereocenters. The highest BCUT2D eigenvalue weighted by Crippen LogP contribution is 2.28. The van der Waals surface area contributed by atoms with Crippen molar-refractivity contribution >= 4 is 10.8 Å². The summed E-state index contributed by atoms with van der Waals surface area (Å²) in [5.74, 6) is 1.53. The summed E-state index contributed by atoms with van der Waals surface area (Å²) in [4.78, 5) is 0. The predicted octanol–water partition coefficient (Wildman–Crippen LogP) is 3.79. The fourth-order valence-corrected chi connectivity index (χ4v) is 2.44. The van der Waals surface area contributed by atoms with Gasteiger partial charge in [0.25, 0.3) is 0 Å². The number of aliphatic hydroxyl groups excluding tert-OH is 1. The quantitative estimate of drug-likeness (QED) is 0.703. The van der Waals surface area contributed by atoms with Crippen LogP contribution in [0.25, 0.3) is 10.8 Å². The average Bonchev–Trinajstić information content (AvgIpc) is 2.59. The zero-order valence-corrected chi connectivity index (χ0v) is 12.2. The minimum atomic E-state index is -0.0454. The molecule has 0 saturated heterocycles. The van der Waals surface area contributed by atoms with Crippen LogP contribution in [-0.4, -0.2) is 18.3 Å². The van der Waals surface area contributed by atoms with E-state index in [1.165, 1.54) is 0 Å². The van der Waals surface area contributed by atoms with Crippen LogP contribution in [0, 0.1) is 0 Å². The van der Waals surface area contributed by atoms with Gasteiger partial charge in [0.2, 0.25) is 0 Å². The van der Waals surface area contributed by atoms with Gasteiger partial charge in [0.15, 0.2) is 0 Å². The van der Waals surface area contributed by atoms with Crippen LogP contribution in [0.3, 0.4) is 0 Å². The van der Waals surface area contributed by atoms with Crippen molar-refractivity contribution in [3.05, 3.63) is 72.3 Å². The molecule has 0 bridgehead atoms. The van der Waals surface area contributed by atoms with E-state index in [0.717, 1.165) is 22.1 Å². The van der Waals surface area contributed by atoms with Crippen molar-refractivity contribution in [3.63, 3.8) is 0 Å². The van der Waals surface area contributed by atoms with Crippen molar-refractivity contribution in [2.45, 2.75) is 6.61 Å². The molecule has 3 rings (SSSR count). The number of para-hydroxylation sites is 1. The predicted molar refractivity (Wildman–Crippen MR) is 87.3 cm³/mol. The zero-order chi connectivity index (χ0) is 15.2. The van der Waals surface area contributed by atoms with Crippen LogP contribution in [0.15, 0.2) is 66.7 Å². The second-order valence-corrected chi connectivity index (χ2v) is 4.93. The number of hydrogen-bond donors (Lipinski definition) is 1. The zero-order valence-electron chi connectivity index (χ0n) is 12.2. The Morgan fingerprint density at radius 2 is 1.45 bits per heavy atom. The molecule has 1 N–H and O–H groups in total. The van der Waals surface area contributed by atoms with Crippen LogP contribution in [0.2, 0.25) is 0 Å². The van der Waals surface area contributed by atoms with Crippen molar-refractivity contribution in [3.8, 4) is 11.5 Å². The maximum absolute atomic E-state index is 9.64. The van der Waals surface area contributed by atoms with Crippen LogP contribution in [0.4, 0.5) is 0 Å². The van der Waals surface area contributed by atoms with Gasteiger partial charge in [-0.15, -0.1) is 0 Å². The van der Waals surface area contributed by atoms with Crippen LogP contribution in [-0.2, 0) is 6.61 Å². The smallest absolute Gasteiger partial charge is 0.125 e. The van der Waals surface area contributed by atoms with Gasteiger partial charge in [0, 0.05) is 5.56 Å². The van der Waals surface area contributed by atoms with E-state index in [0.29, 0.717) is 19.0 Å². The van der Waals surface area contributed by atoms with Gasteiger partial charge >= 0.3 is 0 Å². The number of fused-ring (bicyclic) bond motifs is 1. The van der Waals surface area contributed by atoms with Crippen LogP contribution >= 0.6 is 0 Å². The van der Waals surface area contributed by atoms with Gasteiger partial charge in [-0.3, -0.25) is 0 Å². The van der Waals surface area contributed by atoms with Gasteiger partial charge in [0.1, 0.15) is 24.7 Å². The molecule has 112 valence electrons. The highest BCUT2D eigenvalue weighted by molar-refractivity contribution is 5.87. The molecular weight excluding hydrogens is 276 g/mol. The Morgan fingerprint density at radius 3 is 2.27 bits per heavy atom. The molecule has 22 heavy (non-hydrogen) atoms. The lowest BCUT2D eigenvalue weighted by molar-refractivity contribution is 0.210. The Morgan fingerprint density at radius 1 is 0.727 bits per heavy atom. The Labute approximate surface area is 129 Å². The normalized spacial score (nSPS) is 10.6. The molecule has 0 heterocycles. The fraction of sp³-hybridized carbons (Fsp3) is 0.158. The van der Waals surface area contributed by atoms with Crippen molar-refractivity contribution < 1.29 is 14.6 Å². The number of rotatable bonds is 6. The third-order valence-corrected chi connectivity index (χ3v) is 3.51. The Kier molecular flexibility index (Phi) is 4.56. The lowest BCUT2D eigenvalue weighted by Gasteiger charge is -2.13. The topological polar surface area (TPSA) is 38.7 Å². The Balaban J connectivity index is 1.66. The third-order valence-electron chi connectivity index (χ3n) is 3.51. The summed E-state index contributed by atoms with van der Waals surface area (Å²) in [7, 11) is 0. The minimum absolute atomic E-state index is 0.0454. The standard InChI is InChI=1S/C19H18O3/c20-14-18-17-9-5-4-6-15(17)10-11-19(18)22-13-12-21-16-7-2-1-3-8-16/h1-11,20H,12-14H2. The molecule has 0 aliphatic carbocycles. The third kappa shape index (κ3) is 3.21. The molecule has 0 atom stereocenters. The Bertz CT molecular complexity index is 738. The summed E-state index contributed by atoms with van der Waals surface area (Å²) in [6, 6.07) is 21.5. The van der Waals surface area contributed by atoms with Gasteiger partial charge in [-0.05, 0) is 29.0 Å². The van der Waals surface area contributed by atoms with E-state index in [9.17, 15) is 5.11 Å². The number of hydrogen-bond acceptors (Lipinski definition) is 3. The first-order chi connectivity index (χ1) is 10.9. The van der Waals surface area contributed by atoms with Crippen molar-refractivity contribution in [2.75, 3.05) is 13.2 Å². The second-order valence-electron chi connectivity index (χ2n) is 4.93. The van der Waals surface area contributed by atoms with Crippen molar-refractivity contribution in [1.29, 1.82) is 0 Å². The first-order valence-corrected chi connectivity index (χ1v) is 7.30. The summed E-state index contributed by atoms with van der Waals surface area (Å²) in [6.07, 6.45) is 0. The highest BCUT2D eigenvalue weighted by Gasteiger charge is 2.07. The second kappa shape index (κ2) is 6.96. The maximum atomic E-state index is 9.64. The van der Waals surface area contributed by atoms with Gasteiger partial charge in [-0.25, -0.2) is 0 Å². The molecule has 3 aromatic carbocycles. The molecule has 3 aromatic rings. The molecule has 0 aliphatic rings. The van der Waals surface area contributed by atoms with E-state index in [-0.39, 0.29) is 6.61 Å². The van der Waals surface area contributed by atoms with Gasteiger partial charge in [-0.2, -0.15) is 0 Å². The van der Waals surface area contributed by atoms with E-state index in [2.05, 4.69) is 0 Å². The Hall–Kier alpha value is -2.52. The summed E-state index contributed by atoms with van der Waals surface area (Å²) in [5.41, 5.74) is 0.817. The van der Waals surface area contributed by atoms with E-state index in [1.54, 1.807) is 0 Å². The first-order valence-electron chi connectivity index (χ1n) is 7.30. The summed E-state index contributed by atoms with van der Waals surface area (Å²) >= 11 is 0. The van der Waals surface area contributed by atoms with E-state index in [4.69, 9.17) is 9.47 Å². The lowest BCUT2D eigenvalue weighted by Crippen LogP contribution is -2.10. The first kappa shape index (κ1) is 14.4. The largest absolute Gasteiger partial charge is 0.490 e. The van der Waals surface area contributed by atoms with Gasteiger partial charge < -0.3 is 14.6 Å². The molecule has 0 saturated carbocycles. The lowest BCUT2D eigenvalue weighted by atomic mass is 10.0. The van der Waals surface area contributed by atoms with Crippen LogP contribution in [0.5, 0.6) is 11.5 Å². The fourth-order valence-electron chi connectivity index (χ4n) is 2.44. The molecular formula is C19H18O3. The minimum Gasteiger partial charge on any atom is -0.490 e. The van der Waals surface area contributed by atoms with Crippen molar-refractivity contribution in [2.24, 2.45) is 0 Å². The number of benzene rings is 3. The molecule has 0 amide bonds. The van der Waals surface area contributed by atoms with E-state index < -0.39 is 0 Å². The summed E-state index contributed by atoms with van der Waals surface area (Å²) in [5, 5.41) is 11.8. The number of aliphatic hydroxyl groups is 1. The van der Waals surface area contributed by atoms with Crippen molar-refractivity contribution in [1.82, 2.24) is 0 Å². The van der Waals surface area contributed by atoms with Crippen LogP contribution in [0.1, 0.15) is 5.56 Å². The highest BCUT2D eigenvalue weighted by atomic mass is 16.5. The SMILES string of the molecule is OCc1c(OCCOc2ccccc2)ccc2ccccc12. The monoisotopic (exact) mass is 294 g/mol. The molecule has 0 aliphatic heterocycles. The summed E-state index contributed by atoms with van der Waals surface area (Å²) in [6.45, 7) is 0.845. The average molecular weight is 294 g/mol. The molecule has 3 heteroatoms. The molecule has 0 fully saturated rings. The van der Waals surface area contributed by atoms with E-state index in [1.807, 2.05) is 66.7 Å². The molecule has 0 aromatic heterocycles. The van der Waals surface area contributed by atoms with Gasteiger partial charge in [0.05, 0.1) is 6.61 Å². The summed E-state index contributed by atoms with van der Waals surface area (Å²) < 4.78 is 11.4. The molecule has 0 radical (unpaired) electrons. The number of ether oxygens (including phenoxy) is 2. The molecule has 0 spiro atoms.